The Hall–Kier alpha value is -2.66. The highest BCUT2D eigenvalue weighted by molar-refractivity contribution is 6.07. The summed E-state index contributed by atoms with van der Waals surface area (Å²) in [6.07, 6.45) is 7.98. The number of carbonyl (C=O) groups is 1. The normalized spacial score (nSPS) is 11.0. The van der Waals surface area contributed by atoms with Crippen LogP contribution in [0.3, 0.4) is 0 Å². The number of rotatable bonds is 9. The van der Waals surface area contributed by atoms with Crippen LogP contribution in [0, 0.1) is 0 Å². The van der Waals surface area contributed by atoms with Gasteiger partial charge in [-0.3, -0.25) is 4.98 Å². The monoisotopic (exact) mass is 365 g/mol. The number of pyridine rings is 1. The lowest BCUT2D eigenvalue weighted by Gasteiger charge is -2.12. The van der Waals surface area contributed by atoms with Gasteiger partial charge in [-0.1, -0.05) is 13.3 Å². The fourth-order valence-electron chi connectivity index (χ4n) is 3.30. The third-order valence-corrected chi connectivity index (χ3v) is 4.65. The molecular formula is C22H27N3O2. The molecule has 5 heteroatoms. The molecular weight excluding hydrogens is 338 g/mol. The van der Waals surface area contributed by atoms with E-state index >= 15 is 0 Å². The number of aromatic nitrogens is 2. The van der Waals surface area contributed by atoms with Gasteiger partial charge in [0.1, 0.15) is 0 Å². The number of carbonyl (C=O) groups excluding carboxylic acids is 1. The van der Waals surface area contributed by atoms with Gasteiger partial charge in [-0.05, 0) is 55.8 Å². The van der Waals surface area contributed by atoms with Gasteiger partial charge in [0.25, 0.3) is 0 Å². The zero-order valence-electron chi connectivity index (χ0n) is 16.1. The first-order chi connectivity index (χ1) is 13.3. The van der Waals surface area contributed by atoms with Crippen LogP contribution in [0.2, 0.25) is 0 Å². The van der Waals surface area contributed by atoms with Crippen molar-refractivity contribution < 1.29 is 9.53 Å². The van der Waals surface area contributed by atoms with E-state index in [1.807, 2.05) is 31.2 Å². The Morgan fingerprint density at radius 3 is 2.67 bits per heavy atom. The summed E-state index contributed by atoms with van der Waals surface area (Å²) < 4.78 is 7.51. The zero-order valence-corrected chi connectivity index (χ0v) is 16.1. The summed E-state index contributed by atoms with van der Waals surface area (Å²) in [5, 5.41) is 4.53. The van der Waals surface area contributed by atoms with Crippen LogP contribution >= 0.6 is 0 Å². The number of benzene rings is 1. The van der Waals surface area contributed by atoms with Gasteiger partial charge in [0.05, 0.1) is 12.2 Å². The van der Waals surface area contributed by atoms with Gasteiger partial charge in [-0.15, -0.1) is 0 Å². The number of unbranched alkanes of at least 4 members (excludes halogenated alkanes) is 1. The summed E-state index contributed by atoms with van der Waals surface area (Å²) in [6.45, 7) is 7.24. The molecule has 0 unspecified atom stereocenters. The highest BCUT2D eigenvalue weighted by atomic mass is 16.5. The van der Waals surface area contributed by atoms with E-state index in [1.54, 1.807) is 12.4 Å². The van der Waals surface area contributed by atoms with Crippen LogP contribution in [0.25, 0.3) is 22.0 Å². The van der Waals surface area contributed by atoms with Gasteiger partial charge in [0, 0.05) is 48.1 Å². The molecule has 0 aliphatic carbocycles. The molecule has 0 radical (unpaired) electrons. The lowest BCUT2D eigenvalue weighted by molar-refractivity contribution is 0.0527. The van der Waals surface area contributed by atoms with E-state index < -0.39 is 0 Å². The van der Waals surface area contributed by atoms with Gasteiger partial charge >= 0.3 is 5.97 Å². The van der Waals surface area contributed by atoms with Gasteiger partial charge < -0.3 is 14.6 Å². The Morgan fingerprint density at radius 1 is 1.11 bits per heavy atom. The number of nitrogens with zero attached hydrogens (tertiary/aromatic N) is 2. The number of hydrogen-bond acceptors (Lipinski definition) is 4. The molecule has 3 rings (SSSR count). The van der Waals surface area contributed by atoms with E-state index in [1.165, 1.54) is 12.8 Å². The number of esters is 1. The Balaban J connectivity index is 1.97. The van der Waals surface area contributed by atoms with E-state index in [4.69, 9.17) is 4.74 Å². The molecule has 2 aromatic heterocycles. The molecule has 0 bridgehead atoms. The van der Waals surface area contributed by atoms with Gasteiger partial charge in [0.15, 0.2) is 0 Å². The number of ether oxygens (including phenoxy) is 1. The quantitative estimate of drug-likeness (QED) is 0.454. The van der Waals surface area contributed by atoms with Crippen molar-refractivity contribution in [3.63, 3.8) is 0 Å². The maximum atomic E-state index is 12.5. The van der Waals surface area contributed by atoms with Crippen LogP contribution in [0.5, 0.6) is 0 Å². The second kappa shape index (κ2) is 9.33. The van der Waals surface area contributed by atoms with Crippen LogP contribution in [-0.4, -0.2) is 35.2 Å². The Bertz CT molecular complexity index is 887. The van der Waals surface area contributed by atoms with Crippen molar-refractivity contribution in [2.24, 2.45) is 0 Å². The molecule has 142 valence electrons. The molecule has 5 nitrogen and oxygen atoms in total. The summed E-state index contributed by atoms with van der Waals surface area (Å²) >= 11 is 0. The summed E-state index contributed by atoms with van der Waals surface area (Å²) in [4.78, 5) is 16.6. The van der Waals surface area contributed by atoms with Crippen LogP contribution in [0.15, 0.2) is 48.9 Å². The average Bonchev–Trinajstić information content (AvgIpc) is 3.11. The molecule has 1 aromatic carbocycles. The summed E-state index contributed by atoms with van der Waals surface area (Å²) in [6, 6.07) is 9.83. The summed E-state index contributed by atoms with van der Waals surface area (Å²) in [5.74, 6) is -0.291. The van der Waals surface area contributed by atoms with Crippen LogP contribution in [0.4, 0.5) is 0 Å². The second-order valence-corrected chi connectivity index (χ2v) is 6.49. The van der Waals surface area contributed by atoms with Gasteiger partial charge in [-0.25, -0.2) is 4.79 Å². The molecule has 2 heterocycles. The third kappa shape index (κ3) is 4.37. The molecule has 0 saturated carbocycles. The lowest BCUT2D eigenvalue weighted by Crippen LogP contribution is -2.20. The highest BCUT2D eigenvalue weighted by Crippen LogP contribution is 2.33. The molecule has 0 fully saturated rings. The highest BCUT2D eigenvalue weighted by Gasteiger charge is 2.18. The molecule has 0 atom stereocenters. The van der Waals surface area contributed by atoms with E-state index in [0.29, 0.717) is 12.2 Å². The minimum atomic E-state index is -0.291. The number of hydrogen-bond donors (Lipinski definition) is 1. The maximum absolute atomic E-state index is 12.5. The molecule has 27 heavy (non-hydrogen) atoms. The van der Waals surface area contributed by atoms with Crippen molar-refractivity contribution >= 4 is 16.9 Å². The maximum Gasteiger partial charge on any atom is 0.338 e. The van der Waals surface area contributed by atoms with E-state index in [0.717, 1.165) is 41.7 Å². The fourth-order valence-corrected chi connectivity index (χ4v) is 3.30. The molecule has 0 amide bonds. The molecule has 1 N–H and O–H groups in total. The first kappa shape index (κ1) is 19.1. The Morgan fingerprint density at radius 2 is 1.93 bits per heavy atom. The van der Waals surface area contributed by atoms with Crippen molar-refractivity contribution in [2.45, 2.75) is 33.2 Å². The minimum Gasteiger partial charge on any atom is -0.462 e. The Labute approximate surface area is 160 Å². The largest absolute Gasteiger partial charge is 0.462 e. The summed E-state index contributed by atoms with van der Waals surface area (Å²) in [5.41, 5.74) is 3.59. The lowest BCUT2D eigenvalue weighted by atomic mass is 9.96. The van der Waals surface area contributed by atoms with Crippen molar-refractivity contribution in [2.75, 3.05) is 19.7 Å². The molecule has 0 aliphatic rings. The second-order valence-electron chi connectivity index (χ2n) is 6.49. The van der Waals surface area contributed by atoms with E-state index in [-0.39, 0.29) is 5.97 Å². The first-order valence-corrected chi connectivity index (χ1v) is 9.66. The smallest absolute Gasteiger partial charge is 0.338 e. The molecule has 0 saturated heterocycles. The third-order valence-electron chi connectivity index (χ3n) is 4.65. The van der Waals surface area contributed by atoms with Gasteiger partial charge in [0.2, 0.25) is 0 Å². The Kier molecular flexibility index (Phi) is 6.60. The van der Waals surface area contributed by atoms with Crippen molar-refractivity contribution in [1.29, 1.82) is 0 Å². The average molecular weight is 365 g/mol. The van der Waals surface area contributed by atoms with Gasteiger partial charge in [-0.2, -0.15) is 0 Å². The first-order valence-electron chi connectivity index (χ1n) is 9.66. The predicted molar refractivity (Wildman–Crippen MR) is 109 cm³/mol. The molecule has 0 aliphatic heterocycles. The fraction of sp³-hybridized carbons (Fsp3) is 0.364. The molecule has 3 aromatic rings. The van der Waals surface area contributed by atoms with Crippen LogP contribution < -0.4 is 5.32 Å². The van der Waals surface area contributed by atoms with E-state index in [9.17, 15) is 4.79 Å². The number of fused-ring (bicyclic) bond motifs is 1. The van der Waals surface area contributed by atoms with Crippen LogP contribution in [0.1, 0.15) is 37.0 Å². The zero-order chi connectivity index (χ0) is 19.1. The standard InChI is InChI=1S/C22H27N3O2/c1-3-5-11-23-14-16-25-15-10-18-20(25)7-6-19(22(26)27-4-2)21(18)17-8-12-24-13-9-17/h6-10,12-13,15,23H,3-5,11,14,16H2,1-2H3. The number of nitrogens with one attached hydrogen (secondary N) is 1. The van der Waals surface area contributed by atoms with Crippen molar-refractivity contribution in [1.82, 2.24) is 14.9 Å². The predicted octanol–water partition coefficient (Wildman–Crippen LogP) is 4.27. The van der Waals surface area contributed by atoms with Crippen molar-refractivity contribution in [3.05, 3.63) is 54.5 Å². The van der Waals surface area contributed by atoms with Crippen LogP contribution in [-0.2, 0) is 11.3 Å². The summed E-state index contributed by atoms with van der Waals surface area (Å²) in [7, 11) is 0. The van der Waals surface area contributed by atoms with E-state index in [2.05, 4.69) is 34.1 Å². The topological polar surface area (TPSA) is 56.2 Å². The molecule has 0 spiro atoms. The van der Waals surface area contributed by atoms with Crippen molar-refractivity contribution in [3.8, 4) is 11.1 Å². The SMILES string of the molecule is CCCCNCCn1ccc2c(-c3ccncc3)c(C(=O)OCC)ccc21. The minimum absolute atomic E-state index is 0.291.